The first-order valence-corrected chi connectivity index (χ1v) is 17.2. The Balaban J connectivity index is 1.74. The Kier molecular flexibility index (Phi) is 11.1. The van der Waals surface area contributed by atoms with E-state index in [4.69, 9.17) is 11.6 Å². The van der Waals surface area contributed by atoms with Crippen LogP contribution in [0.5, 0.6) is 0 Å². The van der Waals surface area contributed by atoms with E-state index in [9.17, 15) is 18.0 Å². The van der Waals surface area contributed by atoms with E-state index >= 15 is 0 Å². The number of hydrogen-bond donors (Lipinski definition) is 1. The number of carbonyl (C=O) groups is 2. The number of nitrogens with one attached hydrogen (secondary N) is 1. The molecule has 0 aliphatic heterocycles. The molecule has 1 aliphatic rings. The molecule has 10 heteroatoms. The van der Waals surface area contributed by atoms with Crippen molar-refractivity contribution in [2.45, 2.75) is 64.1 Å². The van der Waals surface area contributed by atoms with Crippen LogP contribution in [0, 0.1) is 6.92 Å². The maximum Gasteiger partial charge on any atom is 0.244 e. The van der Waals surface area contributed by atoms with Crippen molar-refractivity contribution in [1.29, 1.82) is 0 Å². The molecule has 1 aliphatic carbocycles. The van der Waals surface area contributed by atoms with Gasteiger partial charge in [0.25, 0.3) is 0 Å². The van der Waals surface area contributed by atoms with Gasteiger partial charge in [0.15, 0.2) is 0 Å². The van der Waals surface area contributed by atoms with Gasteiger partial charge in [0.2, 0.25) is 21.8 Å². The maximum absolute atomic E-state index is 14.3. The Labute approximate surface area is 262 Å². The molecular formula is C32H37BrClN3O4S. The highest BCUT2D eigenvalue weighted by Gasteiger charge is 2.34. The number of anilines is 1. The highest BCUT2D eigenvalue weighted by molar-refractivity contribution is 9.10. The molecule has 4 rings (SSSR count). The van der Waals surface area contributed by atoms with Crippen LogP contribution in [-0.2, 0) is 32.6 Å². The van der Waals surface area contributed by atoms with E-state index < -0.39 is 28.5 Å². The van der Waals surface area contributed by atoms with Gasteiger partial charge in [-0.05, 0) is 60.7 Å². The monoisotopic (exact) mass is 673 g/mol. The summed E-state index contributed by atoms with van der Waals surface area (Å²) in [5.74, 6) is -0.724. The lowest BCUT2D eigenvalue weighted by Gasteiger charge is -2.35. The van der Waals surface area contributed by atoms with Crippen molar-refractivity contribution < 1.29 is 18.0 Å². The molecule has 0 heterocycles. The van der Waals surface area contributed by atoms with Crippen molar-refractivity contribution in [1.82, 2.24) is 10.2 Å². The molecule has 0 bridgehead atoms. The molecular weight excluding hydrogens is 638 g/mol. The van der Waals surface area contributed by atoms with Crippen LogP contribution in [0.3, 0.4) is 0 Å². The SMILES string of the molecule is Cc1c(Cl)cccc1N(CC(=O)N(Cc1cccc(Br)c1)[C@@H](Cc1ccccc1)C(=O)NC1CCCCC1)S(C)(=O)=O. The standard InChI is InChI=1S/C32H37BrClN3O4S/c1-23-28(34)17-10-18-29(23)37(42(2,40)41)22-31(38)36(21-25-13-9-14-26(33)19-25)30(20-24-11-5-3-6-12-24)32(39)35-27-15-7-4-8-16-27/h3,5-6,9-14,17-19,27,30H,4,7-8,15-16,20-22H2,1-2H3,(H,35,39)/t30-/m0/s1. The van der Waals surface area contributed by atoms with Crippen LogP contribution in [-0.4, -0.2) is 50.0 Å². The maximum atomic E-state index is 14.3. The summed E-state index contributed by atoms with van der Waals surface area (Å²) in [6.07, 6.45) is 6.41. The fourth-order valence-electron chi connectivity index (χ4n) is 5.39. The van der Waals surface area contributed by atoms with Crippen molar-refractivity contribution in [2.24, 2.45) is 0 Å². The molecule has 1 fully saturated rings. The molecule has 1 atom stereocenters. The number of hydrogen-bond acceptors (Lipinski definition) is 4. The number of nitrogens with zero attached hydrogens (tertiary/aromatic N) is 2. The second-order valence-corrected chi connectivity index (χ2v) is 14.1. The average molecular weight is 675 g/mol. The van der Waals surface area contributed by atoms with Crippen molar-refractivity contribution in [3.63, 3.8) is 0 Å². The zero-order chi connectivity index (χ0) is 30.3. The first-order chi connectivity index (χ1) is 20.0. The average Bonchev–Trinajstić information content (AvgIpc) is 2.95. The molecule has 0 aromatic heterocycles. The van der Waals surface area contributed by atoms with E-state index in [2.05, 4.69) is 21.2 Å². The van der Waals surface area contributed by atoms with Crippen LogP contribution in [0.1, 0.15) is 48.8 Å². The normalized spacial score (nSPS) is 14.7. The molecule has 0 saturated heterocycles. The van der Waals surface area contributed by atoms with Gasteiger partial charge in [-0.3, -0.25) is 13.9 Å². The molecule has 42 heavy (non-hydrogen) atoms. The minimum Gasteiger partial charge on any atom is -0.352 e. The van der Waals surface area contributed by atoms with Crippen LogP contribution in [0.25, 0.3) is 0 Å². The number of carbonyl (C=O) groups excluding carboxylic acids is 2. The Hall–Kier alpha value is -2.88. The lowest BCUT2D eigenvalue weighted by molar-refractivity contribution is -0.140. The predicted octanol–water partition coefficient (Wildman–Crippen LogP) is 6.27. The van der Waals surface area contributed by atoms with Crippen LogP contribution < -0.4 is 9.62 Å². The zero-order valence-electron chi connectivity index (χ0n) is 23.9. The molecule has 2 amide bonds. The summed E-state index contributed by atoms with van der Waals surface area (Å²) in [6.45, 7) is 1.37. The summed E-state index contributed by atoms with van der Waals surface area (Å²) in [5, 5.41) is 3.61. The molecule has 224 valence electrons. The van der Waals surface area contributed by atoms with Crippen LogP contribution in [0.4, 0.5) is 5.69 Å². The van der Waals surface area contributed by atoms with Gasteiger partial charge in [-0.2, -0.15) is 0 Å². The second-order valence-electron chi connectivity index (χ2n) is 10.9. The van der Waals surface area contributed by atoms with E-state index in [1.165, 1.54) is 4.90 Å². The lowest BCUT2D eigenvalue weighted by atomic mass is 9.94. The minimum absolute atomic E-state index is 0.0500. The van der Waals surface area contributed by atoms with Gasteiger partial charge in [0.05, 0.1) is 11.9 Å². The second kappa shape index (κ2) is 14.5. The van der Waals surface area contributed by atoms with E-state index in [-0.39, 0.29) is 24.9 Å². The summed E-state index contributed by atoms with van der Waals surface area (Å²) >= 11 is 9.83. The van der Waals surface area contributed by atoms with Crippen molar-refractivity contribution in [3.8, 4) is 0 Å². The molecule has 7 nitrogen and oxygen atoms in total. The summed E-state index contributed by atoms with van der Waals surface area (Å²) in [5.41, 5.74) is 2.59. The first kappa shape index (κ1) is 32.0. The minimum atomic E-state index is -3.87. The molecule has 1 saturated carbocycles. The zero-order valence-corrected chi connectivity index (χ0v) is 27.1. The van der Waals surface area contributed by atoms with Crippen LogP contribution in [0.2, 0.25) is 5.02 Å². The number of amides is 2. The van der Waals surface area contributed by atoms with E-state index in [1.54, 1.807) is 25.1 Å². The highest BCUT2D eigenvalue weighted by Crippen LogP contribution is 2.29. The third kappa shape index (κ3) is 8.58. The fourth-order valence-corrected chi connectivity index (χ4v) is 6.91. The largest absolute Gasteiger partial charge is 0.352 e. The van der Waals surface area contributed by atoms with Gasteiger partial charge in [0.1, 0.15) is 12.6 Å². The third-order valence-corrected chi connectivity index (χ3v) is 9.68. The van der Waals surface area contributed by atoms with E-state index in [1.807, 2.05) is 54.6 Å². The Bertz CT molecular complexity index is 1500. The molecule has 1 N–H and O–H groups in total. The summed E-state index contributed by atoms with van der Waals surface area (Å²) in [7, 11) is -3.87. The Morgan fingerprint density at radius 3 is 2.31 bits per heavy atom. The lowest BCUT2D eigenvalue weighted by Crippen LogP contribution is -2.55. The molecule has 0 radical (unpaired) electrons. The first-order valence-electron chi connectivity index (χ1n) is 14.1. The number of halogens is 2. The van der Waals surface area contributed by atoms with Gasteiger partial charge >= 0.3 is 0 Å². The smallest absolute Gasteiger partial charge is 0.244 e. The fraction of sp³-hybridized carbons (Fsp3) is 0.375. The van der Waals surface area contributed by atoms with Crippen LogP contribution >= 0.6 is 27.5 Å². The summed E-state index contributed by atoms with van der Waals surface area (Å²) in [4.78, 5) is 29.8. The van der Waals surface area contributed by atoms with Gasteiger partial charge in [-0.15, -0.1) is 0 Å². The summed E-state index contributed by atoms with van der Waals surface area (Å²) in [6, 6.07) is 21.3. The van der Waals surface area contributed by atoms with Crippen molar-refractivity contribution in [3.05, 3.63) is 99.0 Å². The molecule has 0 spiro atoms. The topological polar surface area (TPSA) is 86.8 Å². The number of benzene rings is 3. The Morgan fingerprint density at radius 1 is 0.976 bits per heavy atom. The van der Waals surface area contributed by atoms with Gasteiger partial charge in [-0.1, -0.05) is 95.3 Å². The van der Waals surface area contributed by atoms with Crippen LogP contribution in [0.15, 0.2) is 77.3 Å². The predicted molar refractivity (Wildman–Crippen MR) is 172 cm³/mol. The molecule has 0 unspecified atom stereocenters. The Morgan fingerprint density at radius 2 is 1.64 bits per heavy atom. The van der Waals surface area contributed by atoms with E-state index in [0.29, 0.717) is 16.3 Å². The highest BCUT2D eigenvalue weighted by atomic mass is 79.9. The van der Waals surface area contributed by atoms with Crippen molar-refractivity contribution in [2.75, 3.05) is 17.1 Å². The van der Waals surface area contributed by atoms with Gasteiger partial charge < -0.3 is 10.2 Å². The van der Waals surface area contributed by atoms with Gasteiger partial charge in [-0.25, -0.2) is 8.42 Å². The summed E-state index contributed by atoms with van der Waals surface area (Å²) < 4.78 is 28.0. The quantitative estimate of drug-likeness (QED) is 0.260. The van der Waals surface area contributed by atoms with Crippen molar-refractivity contribution >= 4 is 55.1 Å². The number of rotatable bonds is 11. The third-order valence-electron chi connectivity index (χ3n) is 7.65. The number of sulfonamides is 1. The molecule has 3 aromatic carbocycles. The van der Waals surface area contributed by atoms with Gasteiger partial charge in [0, 0.05) is 28.5 Å². The van der Waals surface area contributed by atoms with E-state index in [0.717, 1.165) is 58.3 Å². The molecule has 3 aromatic rings.